The molecule has 4 heteroatoms. The van der Waals surface area contributed by atoms with Crippen LogP contribution >= 0.6 is 0 Å². The van der Waals surface area contributed by atoms with Crippen molar-refractivity contribution in [2.75, 3.05) is 0 Å². The summed E-state index contributed by atoms with van der Waals surface area (Å²) in [5, 5.41) is 8.74. The van der Waals surface area contributed by atoms with Gasteiger partial charge >= 0.3 is 5.97 Å². The molecule has 0 spiro atoms. The third-order valence-corrected chi connectivity index (χ3v) is 2.65. The van der Waals surface area contributed by atoms with E-state index in [1.54, 1.807) is 32.0 Å². The Labute approximate surface area is 94.1 Å². The van der Waals surface area contributed by atoms with Crippen LogP contribution in [0.1, 0.15) is 25.8 Å². The zero-order chi connectivity index (χ0) is 12.3. The Kier molecular flexibility index (Phi) is 3.65. The first-order chi connectivity index (χ1) is 7.34. The molecule has 0 saturated carbocycles. The summed E-state index contributed by atoms with van der Waals surface area (Å²) in [6.07, 6.45) is 0.198. The van der Waals surface area contributed by atoms with Crippen molar-refractivity contribution in [2.24, 2.45) is 5.73 Å². The lowest BCUT2D eigenvalue weighted by Gasteiger charge is -2.27. The van der Waals surface area contributed by atoms with Gasteiger partial charge < -0.3 is 10.8 Å². The van der Waals surface area contributed by atoms with E-state index in [-0.39, 0.29) is 12.2 Å². The highest BCUT2D eigenvalue weighted by Crippen LogP contribution is 2.29. The van der Waals surface area contributed by atoms with Crippen LogP contribution < -0.4 is 5.73 Å². The van der Waals surface area contributed by atoms with Crippen LogP contribution in [0.15, 0.2) is 24.3 Å². The van der Waals surface area contributed by atoms with Crippen LogP contribution in [0.4, 0.5) is 4.39 Å². The lowest BCUT2D eigenvalue weighted by atomic mass is 9.79. The van der Waals surface area contributed by atoms with Crippen LogP contribution in [0.25, 0.3) is 0 Å². The zero-order valence-electron chi connectivity index (χ0n) is 9.40. The topological polar surface area (TPSA) is 63.3 Å². The number of carboxylic acids is 1. The van der Waals surface area contributed by atoms with Crippen molar-refractivity contribution < 1.29 is 14.3 Å². The van der Waals surface area contributed by atoms with E-state index in [1.165, 1.54) is 6.07 Å². The standard InChI is InChI=1S/C12H16FNO2/c1-12(2,7-10(14)11(15)16)8-5-3-4-6-9(8)13/h3-6,10H,7,14H2,1-2H3,(H,15,16). The van der Waals surface area contributed by atoms with Gasteiger partial charge in [0.15, 0.2) is 0 Å². The minimum absolute atomic E-state index is 0.198. The van der Waals surface area contributed by atoms with E-state index >= 15 is 0 Å². The number of aliphatic carboxylic acids is 1. The number of benzene rings is 1. The molecule has 3 N–H and O–H groups in total. The number of nitrogens with two attached hydrogens (primary N) is 1. The number of hydrogen-bond acceptors (Lipinski definition) is 2. The molecule has 0 aliphatic carbocycles. The first-order valence-corrected chi connectivity index (χ1v) is 5.08. The highest BCUT2D eigenvalue weighted by atomic mass is 19.1. The van der Waals surface area contributed by atoms with E-state index in [2.05, 4.69) is 0 Å². The average Bonchev–Trinajstić information content (AvgIpc) is 2.17. The van der Waals surface area contributed by atoms with Crippen molar-refractivity contribution in [3.8, 4) is 0 Å². The van der Waals surface area contributed by atoms with Gasteiger partial charge in [0, 0.05) is 0 Å². The summed E-state index contributed by atoms with van der Waals surface area (Å²) in [5.74, 6) is -1.39. The monoisotopic (exact) mass is 225 g/mol. The zero-order valence-corrected chi connectivity index (χ0v) is 9.40. The number of rotatable bonds is 4. The molecule has 3 nitrogen and oxygen atoms in total. The Bertz CT molecular complexity index is 390. The van der Waals surface area contributed by atoms with Gasteiger partial charge in [0.2, 0.25) is 0 Å². The van der Waals surface area contributed by atoms with E-state index in [1.807, 2.05) is 0 Å². The molecule has 0 amide bonds. The highest BCUT2D eigenvalue weighted by molar-refractivity contribution is 5.73. The third kappa shape index (κ3) is 2.79. The Morgan fingerprint density at radius 3 is 2.56 bits per heavy atom. The van der Waals surface area contributed by atoms with Crippen LogP contribution in [-0.2, 0) is 10.2 Å². The molecule has 16 heavy (non-hydrogen) atoms. The number of halogens is 1. The summed E-state index contributed by atoms with van der Waals surface area (Å²) < 4.78 is 13.5. The summed E-state index contributed by atoms with van der Waals surface area (Å²) in [6, 6.07) is 5.38. The molecule has 0 aliphatic heterocycles. The first kappa shape index (κ1) is 12.6. The molecule has 1 atom stereocenters. The minimum atomic E-state index is -1.07. The second-order valence-electron chi connectivity index (χ2n) is 4.51. The molecule has 0 bridgehead atoms. The molecule has 0 aromatic heterocycles. The summed E-state index contributed by atoms with van der Waals surface area (Å²) in [5.41, 5.74) is 5.37. The molecular weight excluding hydrogens is 209 g/mol. The molecule has 0 saturated heterocycles. The van der Waals surface area contributed by atoms with Gasteiger partial charge in [-0.2, -0.15) is 0 Å². The van der Waals surface area contributed by atoms with Crippen LogP contribution in [0.5, 0.6) is 0 Å². The van der Waals surface area contributed by atoms with Crippen molar-refractivity contribution in [2.45, 2.75) is 31.7 Å². The maximum atomic E-state index is 13.5. The number of hydrogen-bond donors (Lipinski definition) is 2. The fourth-order valence-electron chi connectivity index (χ4n) is 1.76. The lowest BCUT2D eigenvalue weighted by molar-refractivity contribution is -0.139. The van der Waals surface area contributed by atoms with Gasteiger partial charge in [0.05, 0.1) is 0 Å². The largest absolute Gasteiger partial charge is 0.480 e. The Morgan fingerprint density at radius 2 is 2.06 bits per heavy atom. The second-order valence-corrected chi connectivity index (χ2v) is 4.51. The molecule has 0 aliphatic rings. The van der Waals surface area contributed by atoms with Gasteiger partial charge in [-0.25, -0.2) is 4.39 Å². The summed E-state index contributed by atoms with van der Waals surface area (Å²) >= 11 is 0. The third-order valence-electron chi connectivity index (χ3n) is 2.65. The van der Waals surface area contributed by atoms with E-state index in [0.717, 1.165) is 0 Å². The Hall–Kier alpha value is -1.42. The molecular formula is C12H16FNO2. The fraction of sp³-hybridized carbons (Fsp3) is 0.417. The Morgan fingerprint density at radius 1 is 1.50 bits per heavy atom. The molecule has 0 fully saturated rings. The second kappa shape index (κ2) is 4.61. The van der Waals surface area contributed by atoms with E-state index in [4.69, 9.17) is 10.8 Å². The van der Waals surface area contributed by atoms with E-state index < -0.39 is 17.4 Å². The quantitative estimate of drug-likeness (QED) is 0.822. The van der Waals surface area contributed by atoms with Crippen LogP contribution in [0.2, 0.25) is 0 Å². The van der Waals surface area contributed by atoms with Crippen molar-refractivity contribution in [1.82, 2.24) is 0 Å². The minimum Gasteiger partial charge on any atom is -0.480 e. The van der Waals surface area contributed by atoms with Gasteiger partial charge in [0.25, 0.3) is 0 Å². The fourth-order valence-corrected chi connectivity index (χ4v) is 1.76. The predicted molar refractivity (Wildman–Crippen MR) is 59.7 cm³/mol. The van der Waals surface area contributed by atoms with Crippen molar-refractivity contribution in [3.63, 3.8) is 0 Å². The summed E-state index contributed by atoms with van der Waals surface area (Å²) in [4.78, 5) is 10.7. The van der Waals surface area contributed by atoms with Crippen molar-refractivity contribution >= 4 is 5.97 Å². The van der Waals surface area contributed by atoms with Gasteiger partial charge in [-0.1, -0.05) is 32.0 Å². The van der Waals surface area contributed by atoms with Gasteiger partial charge in [0.1, 0.15) is 11.9 Å². The van der Waals surface area contributed by atoms with Crippen molar-refractivity contribution in [1.29, 1.82) is 0 Å². The molecule has 1 rings (SSSR count). The molecule has 1 aromatic rings. The van der Waals surface area contributed by atoms with Crippen LogP contribution in [0, 0.1) is 5.82 Å². The van der Waals surface area contributed by atoms with Crippen LogP contribution in [-0.4, -0.2) is 17.1 Å². The van der Waals surface area contributed by atoms with Gasteiger partial charge in [-0.15, -0.1) is 0 Å². The summed E-state index contributed by atoms with van der Waals surface area (Å²) in [6.45, 7) is 3.57. The Balaban J connectivity index is 2.94. The molecule has 0 heterocycles. The van der Waals surface area contributed by atoms with E-state index in [0.29, 0.717) is 5.56 Å². The maximum Gasteiger partial charge on any atom is 0.320 e. The maximum absolute atomic E-state index is 13.5. The lowest BCUT2D eigenvalue weighted by Crippen LogP contribution is -2.37. The summed E-state index contributed by atoms with van der Waals surface area (Å²) in [7, 11) is 0. The van der Waals surface area contributed by atoms with Gasteiger partial charge in [-0.3, -0.25) is 4.79 Å². The predicted octanol–water partition coefficient (Wildman–Crippen LogP) is 1.91. The average molecular weight is 225 g/mol. The van der Waals surface area contributed by atoms with Gasteiger partial charge in [-0.05, 0) is 23.5 Å². The van der Waals surface area contributed by atoms with Crippen LogP contribution in [0.3, 0.4) is 0 Å². The van der Waals surface area contributed by atoms with Crippen molar-refractivity contribution in [3.05, 3.63) is 35.6 Å². The molecule has 88 valence electrons. The smallest absolute Gasteiger partial charge is 0.320 e. The highest BCUT2D eigenvalue weighted by Gasteiger charge is 2.28. The van der Waals surface area contributed by atoms with E-state index in [9.17, 15) is 9.18 Å². The molecule has 1 aromatic carbocycles. The number of carboxylic acid groups (broad SMARTS) is 1. The normalized spacial score (nSPS) is 13.5. The first-order valence-electron chi connectivity index (χ1n) is 5.08. The molecule has 0 radical (unpaired) electrons. The SMILES string of the molecule is CC(C)(CC(N)C(=O)O)c1ccccc1F. The molecule has 1 unspecified atom stereocenters. The number of carbonyl (C=O) groups is 1.